The number of aromatic nitrogens is 1. The van der Waals surface area contributed by atoms with Gasteiger partial charge >= 0.3 is 0 Å². The fourth-order valence-corrected chi connectivity index (χ4v) is 1.53. The van der Waals surface area contributed by atoms with Crippen LogP contribution in [-0.4, -0.2) is 30.1 Å². The molecule has 0 aliphatic carbocycles. The summed E-state index contributed by atoms with van der Waals surface area (Å²) in [4.78, 5) is 4.04. The molecule has 1 aromatic rings. The van der Waals surface area contributed by atoms with Crippen LogP contribution in [-0.2, 0) is 9.47 Å². The zero-order chi connectivity index (χ0) is 11.6. The van der Waals surface area contributed by atoms with Crippen LogP contribution in [0.5, 0.6) is 5.88 Å². The number of hydrogen-bond acceptors (Lipinski definition) is 5. The fourth-order valence-electron chi connectivity index (χ4n) is 1.53. The summed E-state index contributed by atoms with van der Waals surface area (Å²) in [5.74, 6) is -0.00900. The van der Waals surface area contributed by atoms with Gasteiger partial charge in [-0.15, -0.1) is 0 Å². The molecule has 2 rings (SSSR count). The van der Waals surface area contributed by atoms with E-state index in [2.05, 4.69) is 4.98 Å². The van der Waals surface area contributed by atoms with Crippen molar-refractivity contribution in [2.45, 2.75) is 25.7 Å². The maximum absolute atomic E-state index is 5.61. The molecule has 0 amide bonds. The highest BCUT2D eigenvalue weighted by atomic mass is 16.7. The molecule has 0 saturated carbocycles. The highest BCUT2D eigenvalue weighted by Gasteiger charge is 2.32. The Morgan fingerprint density at radius 3 is 3.06 bits per heavy atom. The van der Waals surface area contributed by atoms with Gasteiger partial charge in [0.1, 0.15) is 12.7 Å². The molecular formula is C11H16N2O3. The van der Waals surface area contributed by atoms with Crippen molar-refractivity contribution in [1.29, 1.82) is 0 Å². The first-order valence-electron chi connectivity index (χ1n) is 5.21. The molecule has 1 aliphatic rings. The highest BCUT2D eigenvalue weighted by molar-refractivity contribution is 5.39. The van der Waals surface area contributed by atoms with Crippen molar-refractivity contribution in [2.75, 3.05) is 18.9 Å². The molecular weight excluding hydrogens is 208 g/mol. The van der Waals surface area contributed by atoms with E-state index in [9.17, 15) is 0 Å². The third-order valence-electron chi connectivity index (χ3n) is 2.24. The molecule has 2 heterocycles. The van der Waals surface area contributed by atoms with Crippen molar-refractivity contribution >= 4 is 5.69 Å². The number of rotatable bonds is 3. The van der Waals surface area contributed by atoms with Crippen molar-refractivity contribution in [2.24, 2.45) is 0 Å². The van der Waals surface area contributed by atoms with Gasteiger partial charge in [-0.05, 0) is 19.9 Å². The molecule has 0 spiro atoms. The molecule has 1 aliphatic heterocycles. The lowest BCUT2D eigenvalue weighted by atomic mass is 10.4. The number of nitrogen functional groups attached to an aromatic ring is 1. The maximum Gasteiger partial charge on any atom is 0.215 e. The lowest BCUT2D eigenvalue weighted by Gasteiger charge is -2.17. The summed E-state index contributed by atoms with van der Waals surface area (Å²) in [6, 6.07) is 3.39. The number of hydrogen-bond donors (Lipinski definition) is 1. The van der Waals surface area contributed by atoms with Crippen molar-refractivity contribution in [1.82, 2.24) is 4.98 Å². The van der Waals surface area contributed by atoms with Crippen molar-refractivity contribution < 1.29 is 14.2 Å². The summed E-state index contributed by atoms with van der Waals surface area (Å²) < 4.78 is 16.5. The van der Waals surface area contributed by atoms with Crippen LogP contribution in [0.3, 0.4) is 0 Å². The molecule has 2 N–H and O–H groups in total. The van der Waals surface area contributed by atoms with Crippen LogP contribution in [0.2, 0.25) is 0 Å². The Hall–Kier alpha value is -1.33. The van der Waals surface area contributed by atoms with Gasteiger partial charge in [-0.3, -0.25) is 0 Å². The second kappa shape index (κ2) is 4.27. The van der Waals surface area contributed by atoms with Crippen molar-refractivity contribution in [3.63, 3.8) is 0 Å². The largest absolute Gasteiger partial charge is 0.475 e. The molecule has 5 nitrogen and oxygen atoms in total. The van der Waals surface area contributed by atoms with Gasteiger partial charge in [0, 0.05) is 18.0 Å². The average Bonchev–Trinajstić information content (AvgIpc) is 2.56. The summed E-state index contributed by atoms with van der Waals surface area (Å²) in [7, 11) is 0. The predicted molar refractivity (Wildman–Crippen MR) is 59.0 cm³/mol. The van der Waals surface area contributed by atoms with Crippen LogP contribution in [0.4, 0.5) is 5.69 Å². The van der Waals surface area contributed by atoms with E-state index in [1.165, 1.54) is 0 Å². The monoisotopic (exact) mass is 224 g/mol. The highest BCUT2D eigenvalue weighted by Crippen LogP contribution is 2.22. The zero-order valence-electron chi connectivity index (χ0n) is 9.47. The Morgan fingerprint density at radius 1 is 1.62 bits per heavy atom. The van der Waals surface area contributed by atoms with Crippen molar-refractivity contribution in [3.05, 3.63) is 18.3 Å². The molecule has 1 aromatic heterocycles. The quantitative estimate of drug-likeness (QED) is 0.835. The zero-order valence-corrected chi connectivity index (χ0v) is 9.47. The van der Waals surface area contributed by atoms with E-state index in [-0.39, 0.29) is 6.10 Å². The summed E-state index contributed by atoms with van der Waals surface area (Å²) in [5.41, 5.74) is 6.24. The molecule has 1 saturated heterocycles. The SMILES string of the molecule is CC1(C)OC[C@@H](COc2cc(N)ccn2)O1. The third-order valence-corrected chi connectivity index (χ3v) is 2.24. The number of nitrogens with zero attached hydrogens (tertiary/aromatic N) is 1. The molecule has 0 bridgehead atoms. The molecule has 1 fully saturated rings. The smallest absolute Gasteiger partial charge is 0.215 e. The van der Waals surface area contributed by atoms with E-state index in [4.69, 9.17) is 19.9 Å². The van der Waals surface area contributed by atoms with Gasteiger partial charge in [0.05, 0.1) is 6.61 Å². The number of nitrogens with two attached hydrogens (primary N) is 1. The predicted octanol–water partition coefficient (Wildman–Crippen LogP) is 1.19. The first-order chi connectivity index (χ1) is 7.55. The van der Waals surface area contributed by atoms with Gasteiger partial charge in [0.25, 0.3) is 0 Å². The minimum Gasteiger partial charge on any atom is -0.475 e. The van der Waals surface area contributed by atoms with Crippen LogP contribution in [0, 0.1) is 0 Å². The van der Waals surface area contributed by atoms with E-state index in [0.717, 1.165) is 0 Å². The lowest BCUT2D eigenvalue weighted by Crippen LogP contribution is -2.25. The van der Waals surface area contributed by atoms with E-state index in [0.29, 0.717) is 24.8 Å². The first kappa shape index (κ1) is 11.2. The molecule has 0 unspecified atom stereocenters. The normalized spacial score (nSPS) is 23.2. The summed E-state index contributed by atoms with van der Waals surface area (Å²) in [5, 5.41) is 0. The Bertz CT molecular complexity index is 368. The molecule has 5 heteroatoms. The van der Waals surface area contributed by atoms with Crippen LogP contribution >= 0.6 is 0 Å². The molecule has 1 atom stereocenters. The Kier molecular flexibility index (Phi) is 2.98. The Balaban J connectivity index is 1.84. The lowest BCUT2D eigenvalue weighted by molar-refractivity contribution is -0.141. The minimum absolute atomic E-state index is 0.0572. The van der Waals surface area contributed by atoms with E-state index < -0.39 is 5.79 Å². The summed E-state index contributed by atoms with van der Waals surface area (Å²) in [6.45, 7) is 4.71. The van der Waals surface area contributed by atoms with Crippen LogP contribution in [0.1, 0.15) is 13.8 Å². The molecule has 16 heavy (non-hydrogen) atoms. The maximum atomic E-state index is 5.61. The van der Waals surface area contributed by atoms with Gasteiger partial charge in [0.15, 0.2) is 5.79 Å². The summed E-state index contributed by atoms with van der Waals surface area (Å²) >= 11 is 0. The summed E-state index contributed by atoms with van der Waals surface area (Å²) in [6.07, 6.45) is 1.55. The van der Waals surface area contributed by atoms with E-state index in [1.54, 1.807) is 18.3 Å². The molecule has 0 aromatic carbocycles. The molecule has 0 radical (unpaired) electrons. The second-order valence-corrected chi connectivity index (χ2v) is 4.19. The topological polar surface area (TPSA) is 66.6 Å². The third kappa shape index (κ3) is 2.84. The Labute approximate surface area is 94.5 Å². The second-order valence-electron chi connectivity index (χ2n) is 4.19. The molecule has 88 valence electrons. The Morgan fingerprint density at radius 2 is 2.44 bits per heavy atom. The van der Waals surface area contributed by atoms with E-state index in [1.807, 2.05) is 13.8 Å². The standard InChI is InChI=1S/C11H16N2O3/c1-11(2)15-7-9(16-11)6-14-10-5-8(12)3-4-13-10/h3-5,9H,6-7H2,1-2H3,(H2,12,13)/t9-/m1/s1. The van der Waals surface area contributed by atoms with Crippen LogP contribution < -0.4 is 10.5 Å². The van der Waals surface area contributed by atoms with Crippen LogP contribution in [0.15, 0.2) is 18.3 Å². The van der Waals surface area contributed by atoms with Crippen molar-refractivity contribution in [3.8, 4) is 5.88 Å². The van der Waals surface area contributed by atoms with Crippen LogP contribution in [0.25, 0.3) is 0 Å². The number of ether oxygens (including phenoxy) is 3. The average molecular weight is 224 g/mol. The van der Waals surface area contributed by atoms with Gasteiger partial charge in [-0.2, -0.15) is 0 Å². The minimum atomic E-state index is -0.517. The fraction of sp³-hybridized carbons (Fsp3) is 0.545. The first-order valence-corrected chi connectivity index (χ1v) is 5.21. The van der Waals surface area contributed by atoms with Gasteiger partial charge in [-0.25, -0.2) is 4.98 Å². The van der Waals surface area contributed by atoms with Gasteiger partial charge in [-0.1, -0.05) is 0 Å². The van der Waals surface area contributed by atoms with Gasteiger partial charge in [0.2, 0.25) is 5.88 Å². The van der Waals surface area contributed by atoms with E-state index >= 15 is 0 Å². The van der Waals surface area contributed by atoms with Gasteiger partial charge < -0.3 is 19.9 Å². The number of anilines is 1. The number of pyridine rings is 1.